The van der Waals surface area contributed by atoms with Gasteiger partial charge in [0, 0.05) is 24.0 Å². The number of fused-ring (bicyclic) bond motifs is 1. The summed E-state index contributed by atoms with van der Waals surface area (Å²) in [5.41, 5.74) is 0.853. The van der Waals surface area contributed by atoms with Gasteiger partial charge >= 0.3 is 5.97 Å². The quantitative estimate of drug-likeness (QED) is 0.891. The van der Waals surface area contributed by atoms with Crippen molar-refractivity contribution < 1.29 is 19.1 Å². The standard InChI is InChI=1S/C15H15FN2O3/c16-11-4-1-5-12-10(11)7-13(17-12)14(19)18-6-2-3-9(8-18)15(20)21/h1,4-5,7,9,17H,2-3,6,8H2,(H,20,21). The van der Waals surface area contributed by atoms with Gasteiger partial charge in [0.25, 0.3) is 5.91 Å². The second-order valence-corrected chi connectivity index (χ2v) is 5.31. The predicted molar refractivity (Wildman–Crippen MR) is 74.5 cm³/mol. The largest absolute Gasteiger partial charge is 0.481 e. The average Bonchev–Trinajstić information content (AvgIpc) is 2.92. The van der Waals surface area contributed by atoms with Crippen LogP contribution >= 0.6 is 0 Å². The lowest BCUT2D eigenvalue weighted by Crippen LogP contribution is -2.42. The van der Waals surface area contributed by atoms with Crippen LogP contribution in [-0.2, 0) is 4.79 Å². The number of piperidine rings is 1. The van der Waals surface area contributed by atoms with Crippen LogP contribution in [-0.4, -0.2) is 40.0 Å². The van der Waals surface area contributed by atoms with Gasteiger partial charge in [0.1, 0.15) is 11.5 Å². The molecule has 0 radical (unpaired) electrons. The summed E-state index contributed by atoms with van der Waals surface area (Å²) in [7, 11) is 0. The molecule has 1 aromatic carbocycles. The van der Waals surface area contributed by atoms with Crippen LogP contribution < -0.4 is 0 Å². The summed E-state index contributed by atoms with van der Waals surface area (Å²) in [4.78, 5) is 27.9. The number of nitrogens with zero attached hydrogens (tertiary/aromatic N) is 1. The molecule has 2 N–H and O–H groups in total. The summed E-state index contributed by atoms with van der Waals surface area (Å²) in [6, 6.07) is 6.10. The summed E-state index contributed by atoms with van der Waals surface area (Å²) >= 11 is 0. The highest BCUT2D eigenvalue weighted by atomic mass is 19.1. The monoisotopic (exact) mass is 290 g/mol. The predicted octanol–water partition coefficient (Wildman–Crippen LogP) is 2.24. The van der Waals surface area contributed by atoms with E-state index in [1.807, 2.05) is 0 Å². The lowest BCUT2D eigenvalue weighted by Gasteiger charge is -2.30. The average molecular weight is 290 g/mol. The SMILES string of the molecule is O=C(O)C1CCCN(C(=O)c2cc3c(F)cccc3[nH]2)C1. The summed E-state index contributed by atoms with van der Waals surface area (Å²) in [6.45, 7) is 0.729. The van der Waals surface area contributed by atoms with Gasteiger partial charge < -0.3 is 15.0 Å². The van der Waals surface area contributed by atoms with Crippen LogP contribution in [0.1, 0.15) is 23.3 Å². The fourth-order valence-electron chi connectivity index (χ4n) is 2.77. The van der Waals surface area contributed by atoms with E-state index in [0.717, 1.165) is 0 Å². The van der Waals surface area contributed by atoms with E-state index in [2.05, 4.69) is 4.98 Å². The lowest BCUT2D eigenvalue weighted by atomic mass is 9.98. The van der Waals surface area contributed by atoms with Crippen LogP contribution in [0.15, 0.2) is 24.3 Å². The molecule has 0 spiro atoms. The first-order valence-corrected chi connectivity index (χ1v) is 6.85. The number of nitrogens with one attached hydrogen (secondary N) is 1. The number of aromatic amines is 1. The number of rotatable bonds is 2. The number of likely N-dealkylation sites (tertiary alicyclic amines) is 1. The minimum Gasteiger partial charge on any atom is -0.481 e. The van der Waals surface area contributed by atoms with E-state index >= 15 is 0 Å². The number of hydrogen-bond donors (Lipinski definition) is 2. The highest BCUT2D eigenvalue weighted by molar-refractivity contribution is 5.98. The first-order valence-electron chi connectivity index (χ1n) is 6.85. The Kier molecular flexibility index (Phi) is 3.37. The molecule has 1 atom stereocenters. The Bertz CT molecular complexity index is 710. The first kappa shape index (κ1) is 13.6. The van der Waals surface area contributed by atoms with E-state index in [9.17, 15) is 14.0 Å². The molecule has 1 amide bonds. The molecule has 1 fully saturated rings. The van der Waals surface area contributed by atoms with Gasteiger partial charge in [0.2, 0.25) is 0 Å². The van der Waals surface area contributed by atoms with Gasteiger partial charge in [0.05, 0.1) is 5.92 Å². The molecular formula is C15H15FN2O3. The molecule has 0 aliphatic carbocycles. The van der Waals surface area contributed by atoms with Crippen LogP contribution in [0.5, 0.6) is 0 Å². The van der Waals surface area contributed by atoms with E-state index in [-0.39, 0.29) is 18.3 Å². The lowest BCUT2D eigenvalue weighted by molar-refractivity contribution is -0.143. The highest BCUT2D eigenvalue weighted by Crippen LogP contribution is 2.22. The number of H-pyrrole nitrogens is 1. The Balaban J connectivity index is 1.86. The number of benzene rings is 1. The molecule has 1 aliphatic heterocycles. The third kappa shape index (κ3) is 2.49. The van der Waals surface area contributed by atoms with Crippen molar-refractivity contribution in [2.75, 3.05) is 13.1 Å². The molecule has 21 heavy (non-hydrogen) atoms. The topological polar surface area (TPSA) is 73.4 Å². The van der Waals surface area contributed by atoms with Crippen LogP contribution in [0.2, 0.25) is 0 Å². The molecule has 0 bridgehead atoms. The number of aromatic nitrogens is 1. The number of carbonyl (C=O) groups is 2. The van der Waals surface area contributed by atoms with E-state index in [1.165, 1.54) is 17.0 Å². The molecule has 3 rings (SSSR count). The Hall–Kier alpha value is -2.37. The Labute approximate surface area is 120 Å². The summed E-state index contributed by atoms with van der Waals surface area (Å²) in [5, 5.41) is 9.43. The fraction of sp³-hybridized carbons (Fsp3) is 0.333. The van der Waals surface area contributed by atoms with Crippen molar-refractivity contribution in [1.29, 1.82) is 0 Å². The van der Waals surface area contributed by atoms with Crippen LogP contribution in [0.3, 0.4) is 0 Å². The maximum absolute atomic E-state index is 13.7. The summed E-state index contributed by atoms with van der Waals surface area (Å²) in [6.07, 6.45) is 1.25. The molecule has 110 valence electrons. The zero-order valence-corrected chi connectivity index (χ0v) is 11.3. The zero-order valence-electron chi connectivity index (χ0n) is 11.3. The zero-order chi connectivity index (χ0) is 15.0. The Morgan fingerprint density at radius 2 is 2.19 bits per heavy atom. The molecule has 6 heteroatoms. The third-order valence-electron chi connectivity index (χ3n) is 3.90. The molecule has 5 nitrogen and oxygen atoms in total. The van der Waals surface area contributed by atoms with Crippen molar-refractivity contribution in [3.05, 3.63) is 35.8 Å². The number of carboxylic acids is 1. The van der Waals surface area contributed by atoms with E-state index in [4.69, 9.17) is 5.11 Å². The molecular weight excluding hydrogens is 275 g/mol. The minimum absolute atomic E-state index is 0.200. The number of amides is 1. The maximum Gasteiger partial charge on any atom is 0.308 e. The normalized spacial score (nSPS) is 18.9. The van der Waals surface area contributed by atoms with E-state index in [0.29, 0.717) is 36.0 Å². The number of carboxylic acid groups (broad SMARTS) is 1. The van der Waals surface area contributed by atoms with E-state index in [1.54, 1.807) is 12.1 Å². The number of aliphatic carboxylic acids is 1. The van der Waals surface area contributed by atoms with Gasteiger partial charge in [-0.2, -0.15) is 0 Å². The van der Waals surface area contributed by atoms with Gasteiger partial charge in [-0.1, -0.05) is 6.07 Å². The first-order chi connectivity index (χ1) is 10.1. The van der Waals surface area contributed by atoms with Crippen molar-refractivity contribution in [3.63, 3.8) is 0 Å². The van der Waals surface area contributed by atoms with Gasteiger partial charge in [-0.25, -0.2) is 4.39 Å². The van der Waals surface area contributed by atoms with Gasteiger partial charge in [0.15, 0.2) is 0 Å². The van der Waals surface area contributed by atoms with Crippen LogP contribution in [0.25, 0.3) is 10.9 Å². The molecule has 1 aliphatic rings. The smallest absolute Gasteiger partial charge is 0.308 e. The Morgan fingerprint density at radius 1 is 1.38 bits per heavy atom. The van der Waals surface area contributed by atoms with Crippen molar-refractivity contribution in [1.82, 2.24) is 9.88 Å². The molecule has 1 aromatic heterocycles. The molecule has 2 aromatic rings. The van der Waals surface area contributed by atoms with Crippen molar-refractivity contribution in [2.24, 2.45) is 5.92 Å². The summed E-state index contributed by atoms with van der Waals surface area (Å²) < 4.78 is 13.7. The van der Waals surface area contributed by atoms with Crippen molar-refractivity contribution >= 4 is 22.8 Å². The van der Waals surface area contributed by atoms with Crippen molar-refractivity contribution in [2.45, 2.75) is 12.8 Å². The van der Waals surface area contributed by atoms with Crippen molar-refractivity contribution in [3.8, 4) is 0 Å². The minimum atomic E-state index is -0.879. The molecule has 1 unspecified atom stereocenters. The number of hydrogen-bond acceptors (Lipinski definition) is 2. The number of halogens is 1. The fourth-order valence-corrected chi connectivity index (χ4v) is 2.77. The van der Waals surface area contributed by atoms with Gasteiger partial charge in [-0.15, -0.1) is 0 Å². The second kappa shape index (κ2) is 5.20. The number of carbonyl (C=O) groups excluding carboxylic acids is 1. The Morgan fingerprint density at radius 3 is 2.90 bits per heavy atom. The van der Waals surface area contributed by atoms with Gasteiger partial charge in [-0.05, 0) is 31.0 Å². The second-order valence-electron chi connectivity index (χ2n) is 5.31. The van der Waals surface area contributed by atoms with Gasteiger partial charge in [-0.3, -0.25) is 9.59 Å². The molecule has 1 saturated heterocycles. The highest BCUT2D eigenvalue weighted by Gasteiger charge is 2.29. The van der Waals surface area contributed by atoms with Crippen LogP contribution in [0.4, 0.5) is 4.39 Å². The van der Waals surface area contributed by atoms with E-state index < -0.39 is 11.9 Å². The molecule has 2 heterocycles. The maximum atomic E-state index is 13.7. The molecule has 0 saturated carbocycles. The van der Waals surface area contributed by atoms with Crippen LogP contribution in [0, 0.1) is 11.7 Å². The third-order valence-corrected chi connectivity index (χ3v) is 3.90. The summed E-state index contributed by atoms with van der Waals surface area (Å²) in [5.74, 6) is -2.07.